The summed E-state index contributed by atoms with van der Waals surface area (Å²) in [6, 6.07) is -0.100. The van der Waals surface area contributed by atoms with Crippen LogP contribution in [0.2, 0.25) is 0 Å². The number of hydrogen-bond donors (Lipinski definition) is 2. The molecule has 1 heterocycles. The Morgan fingerprint density at radius 1 is 1.53 bits per heavy atom. The minimum atomic E-state index is -0.455. The Kier molecular flexibility index (Phi) is 3.70. The van der Waals surface area contributed by atoms with Gasteiger partial charge in [0.05, 0.1) is 24.2 Å². The number of rotatable bonds is 4. The zero-order valence-corrected chi connectivity index (χ0v) is 10.6. The first kappa shape index (κ1) is 12.8. The highest BCUT2D eigenvalue weighted by Crippen LogP contribution is 2.38. The van der Waals surface area contributed by atoms with Crippen LogP contribution in [0.15, 0.2) is 0 Å². The molecule has 2 fully saturated rings. The van der Waals surface area contributed by atoms with Gasteiger partial charge in [0, 0.05) is 27.2 Å². The molecule has 2 aliphatic rings. The number of ether oxygens (including phenoxy) is 1. The Morgan fingerprint density at radius 3 is 2.65 bits per heavy atom. The number of carbonyl (C=O) groups is 1. The number of hydrogen-bond acceptors (Lipinski definition) is 4. The van der Waals surface area contributed by atoms with Crippen molar-refractivity contribution in [2.24, 2.45) is 0 Å². The van der Waals surface area contributed by atoms with Gasteiger partial charge in [0.25, 0.3) is 0 Å². The number of nitrogens with one attached hydrogen (secondary N) is 1. The van der Waals surface area contributed by atoms with Gasteiger partial charge in [0.1, 0.15) is 0 Å². The van der Waals surface area contributed by atoms with E-state index >= 15 is 0 Å². The van der Waals surface area contributed by atoms with E-state index in [1.807, 2.05) is 0 Å². The van der Waals surface area contributed by atoms with Crippen molar-refractivity contribution in [3.8, 4) is 0 Å². The summed E-state index contributed by atoms with van der Waals surface area (Å²) in [6.07, 6.45) is 3.05. The van der Waals surface area contributed by atoms with Crippen molar-refractivity contribution >= 4 is 5.91 Å². The van der Waals surface area contributed by atoms with Crippen LogP contribution in [0.25, 0.3) is 0 Å². The van der Waals surface area contributed by atoms with Crippen LogP contribution in [0.5, 0.6) is 0 Å². The van der Waals surface area contributed by atoms with E-state index in [1.165, 1.54) is 0 Å². The van der Waals surface area contributed by atoms with Crippen LogP contribution < -0.4 is 5.32 Å². The molecule has 0 bridgehead atoms. The lowest BCUT2D eigenvalue weighted by molar-refractivity contribution is -0.146. The molecule has 5 nitrogen and oxygen atoms in total. The minimum absolute atomic E-state index is 0.0688. The molecule has 0 aromatic heterocycles. The molecule has 5 heteroatoms. The first-order chi connectivity index (χ1) is 8.08. The number of likely N-dealkylation sites (N-methyl/N-ethyl adjacent to an activating group) is 1. The molecule has 0 unspecified atom stereocenters. The summed E-state index contributed by atoms with van der Waals surface area (Å²) in [6.45, 7) is 1.24. The molecule has 98 valence electrons. The standard InChI is InChI=1S/C12H22N2O3/c1-14(9-7-13-8-10(9)15)11(16)6-12(17-2)4-3-5-12/h9-10,13,15H,3-8H2,1-2H3/t9-,10-/m1/s1. The Hall–Kier alpha value is -0.650. The molecule has 2 rings (SSSR count). The van der Waals surface area contributed by atoms with Crippen molar-refractivity contribution in [2.75, 3.05) is 27.2 Å². The minimum Gasteiger partial charge on any atom is -0.390 e. The van der Waals surface area contributed by atoms with Gasteiger partial charge in [-0.3, -0.25) is 4.79 Å². The van der Waals surface area contributed by atoms with E-state index < -0.39 is 6.10 Å². The molecule has 17 heavy (non-hydrogen) atoms. The summed E-state index contributed by atoms with van der Waals surface area (Å²) in [7, 11) is 3.45. The molecule has 0 aromatic carbocycles. The molecule has 0 spiro atoms. The van der Waals surface area contributed by atoms with Crippen LogP contribution in [0.4, 0.5) is 0 Å². The third-order valence-corrected chi connectivity index (χ3v) is 4.21. The quantitative estimate of drug-likeness (QED) is 0.713. The van der Waals surface area contributed by atoms with Gasteiger partial charge in [-0.1, -0.05) is 0 Å². The van der Waals surface area contributed by atoms with E-state index in [-0.39, 0.29) is 17.6 Å². The number of aliphatic hydroxyl groups is 1. The van der Waals surface area contributed by atoms with E-state index in [2.05, 4.69) is 5.32 Å². The highest BCUT2D eigenvalue weighted by molar-refractivity contribution is 5.77. The second-order valence-corrected chi connectivity index (χ2v) is 5.22. The molecule has 2 N–H and O–H groups in total. The number of methoxy groups -OCH3 is 1. The summed E-state index contributed by atoms with van der Waals surface area (Å²) in [4.78, 5) is 13.8. The van der Waals surface area contributed by atoms with Crippen LogP contribution in [-0.4, -0.2) is 60.9 Å². The number of nitrogens with zero attached hydrogens (tertiary/aromatic N) is 1. The monoisotopic (exact) mass is 242 g/mol. The predicted octanol–water partition coefficient (Wildman–Crippen LogP) is -0.263. The zero-order chi connectivity index (χ0) is 12.5. The normalized spacial score (nSPS) is 31.0. The zero-order valence-electron chi connectivity index (χ0n) is 10.6. The highest BCUT2D eigenvalue weighted by atomic mass is 16.5. The summed E-state index contributed by atoms with van der Waals surface area (Å²) < 4.78 is 5.46. The van der Waals surface area contributed by atoms with Gasteiger partial charge in [-0.25, -0.2) is 0 Å². The van der Waals surface area contributed by atoms with E-state index in [9.17, 15) is 9.90 Å². The lowest BCUT2D eigenvalue weighted by Gasteiger charge is -2.41. The van der Waals surface area contributed by atoms with Crippen molar-refractivity contribution in [3.05, 3.63) is 0 Å². The molecular formula is C12H22N2O3. The Morgan fingerprint density at radius 2 is 2.24 bits per heavy atom. The van der Waals surface area contributed by atoms with Crippen LogP contribution in [0.1, 0.15) is 25.7 Å². The van der Waals surface area contributed by atoms with Gasteiger partial charge in [0.15, 0.2) is 0 Å². The van der Waals surface area contributed by atoms with Crippen molar-refractivity contribution in [3.63, 3.8) is 0 Å². The number of β-amino-alcohol motifs (C(OH)–C–C–N with tert-alkyl or cyclic N) is 1. The molecule has 1 saturated heterocycles. The summed E-state index contributed by atoms with van der Waals surface area (Å²) in [5, 5.41) is 12.8. The van der Waals surface area contributed by atoms with Crippen LogP contribution in [-0.2, 0) is 9.53 Å². The molecule has 1 saturated carbocycles. The largest absolute Gasteiger partial charge is 0.390 e. The first-order valence-corrected chi connectivity index (χ1v) is 6.27. The maximum atomic E-state index is 12.1. The lowest BCUT2D eigenvalue weighted by Crippen LogP contribution is -2.49. The smallest absolute Gasteiger partial charge is 0.225 e. The van der Waals surface area contributed by atoms with Gasteiger partial charge in [-0.05, 0) is 19.3 Å². The fraction of sp³-hybridized carbons (Fsp3) is 0.917. The fourth-order valence-corrected chi connectivity index (χ4v) is 2.66. The summed E-state index contributed by atoms with van der Waals surface area (Å²) >= 11 is 0. The second kappa shape index (κ2) is 4.92. The number of carbonyl (C=O) groups excluding carboxylic acids is 1. The average Bonchev–Trinajstić information content (AvgIpc) is 2.68. The maximum Gasteiger partial charge on any atom is 0.225 e. The van der Waals surface area contributed by atoms with Crippen molar-refractivity contribution in [1.29, 1.82) is 0 Å². The van der Waals surface area contributed by atoms with E-state index in [1.54, 1.807) is 19.1 Å². The van der Waals surface area contributed by atoms with Crippen molar-refractivity contribution < 1.29 is 14.6 Å². The average molecular weight is 242 g/mol. The van der Waals surface area contributed by atoms with Gasteiger partial charge in [-0.15, -0.1) is 0 Å². The topological polar surface area (TPSA) is 61.8 Å². The molecule has 0 radical (unpaired) electrons. The second-order valence-electron chi connectivity index (χ2n) is 5.22. The van der Waals surface area contributed by atoms with Gasteiger partial charge in [-0.2, -0.15) is 0 Å². The van der Waals surface area contributed by atoms with Crippen molar-refractivity contribution in [1.82, 2.24) is 10.2 Å². The molecule has 1 aliphatic heterocycles. The SMILES string of the molecule is COC1(CC(=O)N(C)[C@@H]2CNC[C@H]2O)CCC1. The van der Waals surface area contributed by atoms with Gasteiger partial charge >= 0.3 is 0 Å². The third kappa shape index (κ3) is 2.46. The Labute approximate surface area is 102 Å². The van der Waals surface area contributed by atoms with E-state index in [0.29, 0.717) is 19.5 Å². The molecule has 1 aliphatic carbocycles. The molecular weight excluding hydrogens is 220 g/mol. The molecule has 0 aromatic rings. The van der Waals surface area contributed by atoms with Gasteiger partial charge < -0.3 is 20.1 Å². The maximum absolute atomic E-state index is 12.1. The Bertz CT molecular complexity index is 286. The summed E-state index contributed by atoms with van der Waals surface area (Å²) in [5.41, 5.74) is -0.234. The number of aliphatic hydroxyl groups excluding tert-OH is 1. The van der Waals surface area contributed by atoms with Gasteiger partial charge in [0.2, 0.25) is 5.91 Å². The molecule has 2 atom stereocenters. The van der Waals surface area contributed by atoms with Crippen molar-refractivity contribution in [2.45, 2.75) is 43.4 Å². The highest BCUT2D eigenvalue weighted by Gasteiger charge is 2.41. The van der Waals surface area contributed by atoms with E-state index in [4.69, 9.17) is 4.74 Å². The first-order valence-electron chi connectivity index (χ1n) is 6.27. The third-order valence-electron chi connectivity index (χ3n) is 4.21. The lowest BCUT2D eigenvalue weighted by atomic mass is 9.77. The predicted molar refractivity (Wildman–Crippen MR) is 63.6 cm³/mol. The number of amides is 1. The van der Waals surface area contributed by atoms with Crippen LogP contribution in [0, 0.1) is 0 Å². The summed E-state index contributed by atoms with van der Waals surface area (Å²) in [5.74, 6) is 0.0688. The van der Waals surface area contributed by atoms with E-state index in [0.717, 1.165) is 19.3 Å². The fourth-order valence-electron chi connectivity index (χ4n) is 2.66. The molecule has 1 amide bonds. The Balaban J connectivity index is 1.90. The van der Waals surface area contributed by atoms with Crippen LogP contribution >= 0.6 is 0 Å². The van der Waals surface area contributed by atoms with Crippen LogP contribution in [0.3, 0.4) is 0 Å².